The predicted molar refractivity (Wildman–Crippen MR) is 107 cm³/mol. The number of carbonyl (C=O) groups excluding carboxylic acids is 2. The maximum absolute atomic E-state index is 13.3. The van der Waals surface area contributed by atoms with Gasteiger partial charge in [0.05, 0.1) is 12.0 Å². The molecule has 5 nitrogen and oxygen atoms in total. The highest BCUT2D eigenvalue weighted by molar-refractivity contribution is 5.95. The van der Waals surface area contributed by atoms with Crippen LogP contribution in [0.2, 0.25) is 0 Å². The molecule has 2 aromatic rings. The Balaban J connectivity index is 1.44. The summed E-state index contributed by atoms with van der Waals surface area (Å²) in [5.74, 6) is -0.0545. The summed E-state index contributed by atoms with van der Waals surface area (Å²) < 4.78 is 5.24. The van der Waals surface area contributed by atoms with Crippen molar-refractivity contribution in [3.05, 3.63) is 71.8 Å². The van der Waals surface area contributed by atoms with Gasteiger partial charge < -0.3 is 4.74 Å². The van der Waals surface area contributed by atoms with Crippen molar-refractivity contribution in [3.8, 4) is 0 Å². The molecule has 0 bridgehead atoms. The van der Waals surface area contributed by atoms with E-state index in [1.165, 1.54) is 10.5 Å². The lowest BCUT2D eigenvalue weighted by Crippen LogP contribution is -2.45. The van der Waals surface area contributed by atoms with E-state index in [0.29, 0.717) is 13.0 Å². The summed E-state index contributed by atoms with van der Waals surface area (Å²) in [4.78, 5) is 29.3. The second-order valence-corrected chi connectivity index (χ2v) is 7.89. The second-order valence-electron chi connectivity index (χ2n) is 7.89. The second kappa shape index (κ2) is 8.15. The van der Waals surface area contributed by atoms with Crippen LogP contribution >= 0.6 is 0 Å². The normalized spacial score (nSPS) is 25.1. The van der Waals surface area contributed by atoms with Crippen molar-refractivity contribution < 1.29 is 14.3 Å². The third kappa shape index (κ3) is 3.94. The van der Waals surface area contributed by atoms with Crippen LogP contribution in [0, 0.1) is 11.8 Å². The van der Waals surface area contributed by atoms with Crippen LogP contribution in [0.4, 0.5) is 4.79 Å². The molecule has 2 aromatic carbocycles. The van der Waals surface area contributed by atoms with Crippen molar-refractivity contribution in [2.24, 2.45) is 11.8 Å². The van der Waals surface area contributed by atoms with E-state index in [4.69, 9.17) is 4.74 Å². The first-order chi connectivity index (χ1) is 13.6. The molecular weight excluding hydrogens is 352 g/mol. The third-order valence-electron chi connectivity index (χ3n) is 5.77. The number of imide groups is 1. The van der Waals surface area contributed by atoms with Crippen LogP contribution in [0.5, 0.6) is 0 Å². The highest BCUT2D eigenvalue weighted by atomic mass is 16.6. The topological polar surface area (TPSA) is 49.9 Å². The molecule has 2 heterocycles. The zero-order valence-electron chi connectivity index (χ0n) is 16.2. The number of hydrogen-bond donors (Lipinski definition) is 0. The zero-order chi connectivity index (χ0) is 19.5. The van der Waals surface area contributed by atoms with Gasteiger partial charge in [-0.3, -0.25) is 9.69 Å². The minimum Gasteiger partial charge on any atom is -0.447 e. The number of likely N-dealkylation sites (tertiary alicyclic amines) is 1. The van der Waals surface area contributed by atoms with Crippen LogP contribution in [-0.4, -0.2) is 47.5 Å². The number of benzene rings is 2. The van der Waals surface area contributed by atoms with Crippen LogP contribution in [0.3, 0.4) is 0 Å². The van der Waals surface area contributed by atoms with E-state index in [0.717, 1.165) is 18.7 Å². The first kappa shape index (κ1) is 18.7. The highest BCUT2D eigenvalue weighted by Crippen LogP contribution is 2.29. The number of nitrogens with zero attached hydrogens (tertiary/aromatic N) is 2. The SMILES string of the molecule is C[C@@H]1CN(Cc2ccccc2)C[C@@H]1C(=O)N1C(=O)OC[C@H]1Cc1ccccc1. The number of amides is 2. The number of hydrogen-bond acceptors (Lipinski definition) is 4. The van der Waals surface area contributed by atoms with Crippen molar-refractivity contribution in [2.45, 2.75) is 25.9 Å². The molecule has 2 fully saturated rings. The third-order valence-corrected chi connectivity index (χ3v) is 5.77. The molecule has 2 aliphatic heterocycles. The molecule has 146 valence electrons. The Kier molecular flexibility index (Phi) is 5.44. The molecule has 2 amide bonds. The Bertz CT molecular complexity index is 824. The van der Waals surface area contributed by atoms with Gasteiger partial charge in [0.25, 0.3) is 0 Å². The highest BCUT2D eigenvalue weighted by Gasteiger charge is 2.44. The van der Waals surface area contributed by atoms with Crippen molar-refractivity contribution in [1.82, 2.24) is 9.80 Å². The Morgan fingerprint density at radius 3 is 2.32 bits per heavy atom. The average Bonchev–Trinajstić information content (AvgIpc) is 3.25. The molecule has 5 heteroatoms. The van der Waals surface area contributed by atoms with Gasteiger partial charge in [-0.05, 0) is 23.5 Å². The van der Waals surface area contributed by atoms with E-state index in [1.807, 2.05) is 48.5 Å². The fourth-order valence-electron chi connectivity index (χ4n) is 4.30. The Morgan fingerprint density at radius 1 is 1.00 bits per heavy atom. The number of rotatable bonds is 5. The van der Waals surface area contributed by atoms with Gasteiger partial charge in [-0.25, -0.2) is 9.69 Å². The summed E-state index contributed by atoms with van der Waals surface area (Å²) in [6.07, 6.45) is 0.132. The summed E-state index contributed by atoms with van der Waals surface area (Å²) in [7, 11) is 0. The lowest BCUT2D eigenvalue weighted by molar-refractivity contribution is -0.134. The van der Waals surface area contributed by atoms with E-state index in [2.05, 4.69) is 24.0 Å². The minimum absolute atomic E-state index is 0.0912. The van der Waals surface area contributed by atoms with Gasteiger partial charge >= 0.3 is 6.09 Å². The molecule has 2 aliphatic rings. The lowest BCUT2D eigenvalue weighted by Gasteiger charge is -2.24. The fraction of sp³-hybridized carbons (Fsp3) is 0.391. The summed E-state index contributed by atoms with van der Waals surface area (Å²) >= 11 is 0. The molecule has 28 heavy (non-hydrogen) atoms. The summed E-state index contributed by atoms with van der Waals surface area (Å²) in [5.41, 5.74) is 2.35. The molecule has 4 rings (SSSR count). The van der Waals surface area contributed by atoms with Crippen LogP contribution < -0.4 is 0 Å². The van der Waals surface area contributed by atoms with Gasteiger partial charge in [0.2, 0.25) is 5.91 Å². The van der Waals surface area contributed by atoms with Gasteiger partial charge in [0.15, 0.2) is 0 Å². The number of ether oxygens (including phenoxy) is 1. The molecule has 0 saturated carbocycles. The molecule has 3 atom stereocenters. The van der Waals surface area contributed by atoms with Crippen LogP contribution in [-0.2, 0) is 22.5 Å². The van der Waals surface area contributed by atoms with Gasteiger partial charge in [0, 0.05) is 19.6 Å². The van der Waals surface area contributed by atoms with Crippen molar-refractivity contribution >= 4 is 12.0 Å². The summed E-state index contributed by atoms with van der Waals surface area (Å²) in [6, 6.07) is 20.0. The van der Waals surface area contributed by atoms with E-state index >= 15 is 0 Å². The molecule has 0 unspecified atom stereocenters. The Morgan fingerprint density at radius 2 is 1.64 bits per heavy atom. The zero-order valence-corrected chi connectivity index (χ0v) is 16.2. The average molecular weight is 378 g/mol. The predicted octanol–water partition coefficient (Wildman–Crippen LogP) is 3.34. The number of carbonyl (C=O) groups is 2. The largest absolute Gasteiger partial charge is 0.447 e. The minimum atomic E-state index is -0.500. The number of cyclic esters (lactones) is 1. The smallest absolute Gasteiger partial charge is 0.416 e. The molecule has 0 N–H and O–H groups in total. The molecule has 0 aliphatic carbocycles. The monoisotopic (exact) mass is 378 g/mol. The Hall–Kier alpha value is -2.66. The molecule has 0 radical (unpaired) electrons. The lowest BCUT2D eigenvalue weighted by atomic mass is 9.95. The molecule has 0 aromatic heterocycles. The Labute approximate surface area is 165 Å². The van der Waals surface area contributed by atoms with Gasteiger partial charge in [-0.2, -0.15) is 0 Å². The fourth-order valence-corrected chi connectivity index (χ4v) is 4.30. The van der Waals surface area contributed by atoms with Crippen LogP contribution in [0.1, 0.15) is 18.1 Å². The van der Waals surface area contributed by atoms with E-state index in [1.54, 1.807) is 0 Å². The maximum Gasteiger partial charge on any atom is 0.416 e. The molecule has 2 saturated heterocycles. The van der Waals surface area contributed by atoms with Gasteiger partial charge in [-0.1, -0.05) is 67.6 Å². The van der Waals surface area contributed by atoms with Gasteiger partial charge in [0.1, 0.15) is 6.61 Å². The quantitative estimate of drug-likeness (QED) is 0.801. The van der Waals surface area contributed by atoms with Crippen molar-refractivity contribution in [1.29, 1.82) is 0 Å². The van der Waals surface area contributed by atoms with E-state index in [9.17, 15) is 9.59 Å². The van der Waals surface area contributed by atoms with E-state index in [-0.39, 0.29) is 30.4 Å². The van der Waals surface area contributed by atoms with Crippen LogP contribution in [0.25, 0.3) is 0 Å². The van der Waals surface area contributed by atoms with Gasteiger partial charge in [-0.15, -0.1) is 0 Å². The molecule has 0 spiro atoms. The van der Waals surface area contributed by atoms with Crippen molar-refractivity contribution in [2.75, 3.05) is 19.7 Å². The first-order valence-corrected chi connectivity index (χ1v) is 9.92. The first-order valence-electron chi connectivity index (χ1n) is 9.92. The summed E-state index contributed by atoms with van der Waals surface area (Å²) in [6.45, 7) is 4.73. The summed E-state index contributed by atoms with van der Waals surface area (Å²) in [5, 5.41) is 0. The van der Waals surface area contributed by atoms with E-state index < -0.39 is 6.09 Å². The molecular formula is C23H26N2O3. The maximum atomic E-state index is 13.3. The van der Waals surface area contributed by atoms with Crippen molar-refractivity contribution in [3.63, 3.8) is 0 Å². The standard InChI is InChI=1S/C23H26N2O3/c1-17-13-24(14-19-10-6-3-7-11-19)15-21(17)22(26)25-20(16-28-23(25)27)12-18-8-4-2-5-9-18/h2-11,17,20-21H,12-16H2,1H3/t17-,20-,21+/m1/s1. The van der Waals surface area contributed by atoms with Crippen LogP contribution in [0.15, 0.2) is 60.7 Å².